The van der Waals surface area contributed by atoms with Gasteiger partial charge in [0.25, 0.3) is 0 Å². The fourth-order valence-electron chi connectivity index (χ4n) is 3.77. The van der Waals surface area contributed by atoms with Crippen LogP contribution in [0.1, 0.15) is 89.9 Å². The van der Waals surface area contributed by atoms with Crippen LogP contribution in [0.2, 0.25) is 0 Å². The lowest BCUT2D eigenvalue weighted by Gasteiger charge is -2.23. The first-order valence-electron chi connectivity index (χ1n) is 11.2. The maximum absolute atomic E-state index is 12.7. The van der Waals surface area contributed by atoms with E-state index in [9.17, 15) is 9.59 Å². The van der Waals surface area contributed by atoms with E-state index in [2.05, 4.69) is 15.4 Å². The number of esters is 1. The number of aromatic nitrogens is 2. The zero-order valence-corrected chi connectivity index (χ0v) is 19.2. The van der Waals surface area contributed by atoms with Crippen LogP contribution < -0.4 is 5.73 Å². The highest BCUT2D eigenvalue weighted by Crippen LogP contribution is 2.29. The third kappa shape index (κ3) is 9.44. The molecule has 0 saturated heterocycles. The van der Waals surface area contributed by atoms with E-state index in [0.29, 0.717) is 18.0 Å². The molecular weight excluding hydrogens is 396 g/mol. The summed E-state index contributed by atoms with van der Waals surface area (Å²) in [6.07, 6.45) is 8.80. The molecule has 0 aromatic carbocycles. The number of carbonyl (C=O) groups is 2. The molecule has 2 rings (SSSR count). The Kier molecular flexibility index (Phi) is 9.40. The minimum Gasteiger partial charge on any atom is -0.460 e. The molecule has 1 atom stereocenters. The molecule has 31 heavy (non-hydrogen) atoms. The standard InChI is InChI=1S/C23H36N4O4/c1-16-13-14-19(26-25-16)21(24)27-31-22(29)18(15-20(28)30-23(2,3)4)12-8-11-17-9-6-5-7-10-17/h13-14,17-18H,5-12,15H2,1-4H3,(H2,24,27)/t18-/m0/s1. The molecule has 0 bridgehead atoms. The van der Waals surface area contributed by atoms with E-state index < -0.39 is 23.5 Å². The van der Waals surface area contributed by atoms with Gasteiger partial charge in [-0.25, -0.2) is 4.79 Å². The predicted molar refractivity (Wildman–Crippen MR) is 118 cm³/mol. The number of hydrogen-bond acceptors (Lipinski definition) is 7. The van der Waals surface area contributed by atoms with E-state index in [1.165, 1.54) is 32.1 Å². The molecule has 0 radical (unpaired) electrons. The molecule has 172 valence electrons. The molecule has 0 amide bonds. The zero-order chi connectivity index (χ0) is 22.9. The van der Waals surface area contributed by atoms with Crippen molar-refractivity contribution in [2.75, 3.05) is 0 Å². The van der Waals surface area contributed by atoms with Crippen LogP contribution >= 0.6 is 0 Å². The van der Waals surface area contributed by atoms with Crippen molar-refractivity contribution >= 4 is 17.8 Å². The number of aryl methyl sites for hydroxylation is 1. The second-order valence-electron chi connectivity index (χ2n) is 9.37. The SMILES string of the molecule is Cc1ccc(/C(N)=N/OC(=O)[C@@H](CCCC2CCCCC2)CC(=O)OC(C)(C)C)nn1. The minimum absolute atomic E-state index is 0.0411. The quantitative estimate of drug-likeness (QED) is 0.206. The van der Waals surface area contributed by atoms with Gasteiger partial charge in [0.15, 0.2) is 5.84 Å². The Morgan fingerprint density at radius 3 is 2.52 bits per heavy atom. The number of rotatable bonds is 9. The summed E-state index contributed by atoms with van der Waals surface area (Å²) in [7, 11) is 0. The van der Waals surface area contributed by atoms with Gasteiger partial charge < -0.3 is 15.3 Å². The second kappa shape index (κ2) is 11.8. The highest BCUT2D eigenvalue weighted by Gasteiger charge is 2.27. The monoisotopic (exact) mass is 432 g/mol. The summed E-state index contributed by atoms with van der Waals surface area (Å²) in [5.74, 6) is -0.968. The molecule has 8 heteroatoms. The van der Waals surface area contributed by atoms with Crippen LogP contribution in [-0.2, 0) is 19.2 Å². The Morgan fingerprint density at radius 2 is 1.90 bits per heavy atom. The molecule has 1 fully saturated rings. The van der Waals surface area contributed by atoms with E-state index in [0.717, 1.165) is 18.5 Å². The Balaban J connectivity index is 1.97. The Hall–Kier alpha value is -2.51. The minimum atomic E-state index is -0.626. The van der Waals surface area contributed by atoms with Crippen LogP contribution in [0.3, 0.4) is 0 Å². The van der Waals surface area contributed by atoms with Gasteiger partial charge in [0.2, 0.25) is 0 Å². The van der Waals surface area contributed by atoms with Gasteiger partial charge in [-0.3, -0.25) is 4.79 Å². The lowest BCUT2D eigenvalue weighted by Crippen LogP contribution is -2.28. The third-order valence-electron chi connectivity index (χ3n) is 5.35. The van der Waals surface area contributed by atoms with E-state index in [-0.39, 0.29) is 12.3 Å². The second-order valence-corrected chi connectivity index (χ2v) is 9.37. The first-order valence-corrected chi connectivity index (χ1v) is 11.2. The molecule has 1 heterocycles. The predicted octanol–water partition coefficient (Wildman–Crippen LogP) is 4.05. The van der Waals surface area contributed by atoms with E-state index in [4.69, 9.17) is 15.3 Å². The van der Waals surface area contributed by atoms with Crippen molar-refractivity contribution in [3.05, 3.63) is 23.5 Å². The maximum Gasteiger partial charge on any atom is 0.338 e. The van der Waals surface area contributed by atoms with Crippen molar-refractivity contribution in [1.82, 2.24) is 10.2 Å². The summed E-state index contributed by atoms with van der Waals surface area (Å²) in [4.78, 5) is 30.1. The van der Waals surface area contributed by atoms with Gasteiger partial charge in [-0.2, -0.15) is 5.10 Å². The number of ether oxygens (including phenoxy) is 1. The average Bonchev–Trinajstić information content (AvgIpc) is 2.71. The fourth-order valence-corrected chi connectivity index (χ4v) is 3.77. The molecule has 1 saturated carbocycles. The topological polar surface area (TPSA) is 117 Å². The fraction of sp³-hybridized carbons (Fsp3) is 0.696. The molecule has 1 aromatic heterocycles. The number of oxime groups is 1. The molecular formula is C23H36N4O4. The third-order valence-corrected chi connectivity index (χ3v) is 5.35. The first kappa shape index (κ1) is 24.8. The van der Waals surface area contributed by atoms with Crippen LogP contribution in [0.5, 0.6) is 0 Å². The van der Waals surface area contributed by atoms with Gasteiger partial charge in [0, 0.05) is 0 Å². The molecule has 1 aliphatic rings. The Labute approximate surface area is 185 Å². The molecule has 0 unspecified atom stereocenters. The lowest BCUT2D eigenvalue weighted by molar-refractivity contribution is -0.161. The highest BCUT2D eigenvalue weighted by molar-refractivity contribution is 5.95. The molecule has 8 nitrogen and oxygen atoms in total. The largest absolute Gasteiger partial charge is 0.460 e. The van der Waals surface area contributed by atoms with E-state index >= 15 is 0 Å². The van der Waals surface area contributed by atoms with Gasteiger partial charge in [0.05, 0.1) is 18.0 Å². The van der Waals surface area contributed by atoms with Gasteiger partial charge >= 0.3 is 11.9 Å². The van der Waals surface area contributed by atoms with Crippen molar-refractivity contribution in [3.63, 3.8) is 0 Å². The Morgan fingerprint density at radius 1 is 1.19 bits per heavy atom. The molecule has 1 aliphatic carbocycles. The smallest absolute Gasteiger partial charge is 0.338 e. The lowest BCUT2D eigenvalue weighted by atomic mass is 9.84. The molecule has 1 aromatic rings. The van der Waals surface area contributed by atoms with E-state index in [1.54, 1.807) is 39.8 Å². The van der Waals surface area contributed by atoms with Crippen molar-refractivity contribution in [3.8, 4) is 0 Å². The van der Waals surface area contributed by atoms with Gasteiger partial charge in [-0.15, -0.1) is 5.10 Å². The summed E-state index contributed by atoms with van der Waals surface area (Å²) < 4.78 is 5.40. The van der Waals surface area contributed by atoms with Crippen molar-refractivity contribution in [2.45, 2.75) is 91.1 Å². The van der Waals surface area contributed by atoms with Crippen LogP contribution in [-0.4, -0.2) is 33.6 Å². The van der Waals surface area contributed by atoms with Gasteiger partial charge in [0.1, 0.15) is 11.3 Å². The molecule has 2 N–H and O–H groups in total. The van der Waals surface area contributed by atoms with Crippen LogP contribution in [0, 0.1) is 18.8 Å². The number of nitrogens with zero attached hydrogens (tertiary/aromatic N) is 3. The average molecular weight is 433 g/mol. The van der Waals surface area contributed by atoms with Gasteiger partial charge in [-0.1, -0.05) is 50.1 Å². The van der Waals surface area contributed by atoms with Crippen LogP contribution in [0.15, 0.2) is 17.3 Å². The maximum atomic E-state index is 12.7. The van der Waals surface area contributed by atoms with Crippen LogP contribution in [0.4, 0.5) is 0 Å². The number of nitrogens with two attached hydrogens (primary N) is 1. The van der Waals surface area contributed by atoms with Crippen LogP contribution in [0.25, 0.3) is 0 Å². The van der Waals surface area contributed by atoms with Crippen molar-refractivity contribution in [1.29, 1.82) is 0 Å². The van der Waals surface area contributed by atoms with E-state index in [1.807, 2.05) is 0 Å². The summed E-state index contributed by atoms with van der Waals surface area (Å²) in [6.45, 7) is 7.21. The summed E-state index contributed by atoms with van der Waals surface area (Å²) in [6, 6.07) is 3.39. The first-order chi connectivity index (χ1) is 14.6. The normalized spacial score (nSPS) is 16.6. The zero-order valence-electron chi connectivity index (χ0n) is 19.2. The Bertz CT molecular complexity index is 750. The van der Waals surface area contributed by atoms with Crippen molar-refractivity contribution < 1.29 is 19.2 Å². The summed E-state index contributed by atoms with van der Waals surface area (Å²) in [5, 5.41) is 11.5. The van der Waals surface area contributed by atoms with Gasteiger partial charge in [-0.05, 0) is 52.2 Å². The number of carbonyl (C=O) groups excluding carboxylic acids is 2. The number of hydrogen-bond donors (Lipinski definition) is 1. The number of amidine groups is 1. The molecule has 0 aliphatic heterocycles. The molecule has 0 spiro atoms. The summed E-state index contributed by atoms with van der Waals surface area (Å²) >= 11 is 0. The van der Waals surface area contributed by atoms with Crippen molar-refractivity contribution in [2.24, 2.45) is 22.7 Å². The summed E-state index contributed by atoms with van der Waals surface area (Å²) in [5.41, 5.74) is 6.30. The highest BCUT2D eigenvalue weighted by atomic mass is 16.7.